The summed E-state index contributed by atoms with van der Waals surface area (Å²) in [5.74, 6) is -0.840. The fraction of sp³-hybridized carbons (Fsp3) is 0.450. The molecule has 2 rings (SSSR count). The Hall–Kier alpha value is -2.83. The Morgan fingerprint density at radius 1 is 1.07 bits per heavy atom. The van der Waals surface area contributed by atoms with Crippen LogP contribution < -0.4 is 20.8 Å². The number of rotatable bonds is 9. The van der Waals surface area contributed by atoms with E-state index in [1.165, 1.54) is 0 Å². The van der Waals surface area contributed by atoms with Crippen molar-refractivity contribution >= 4 is 22.8 Å². The maximum absolute atomic E-state index is 11.9. The zero-order valence-corrected chi connectivity index (χ0v) is 15.8. The first kappa shape index (κ1) is 20.5. The maximum Gasteiger partial charge on any atom is 0.339 e. The van der Waals surface area contributed by atoms with Crippen LogP contribution in [0.2, 0.25) is 0 Å². The van der Waals surface area contributed by atoms with E-state index < -0.39 is 5.97 Å². The number of ether oxygens (including phenoxy) is 1. The Kier molecular flexibility index (Phi) is 6.98. The van der Waals surface area contributed by atoms with Crippen LogP contribution in [0.25, 0.3) is 11.0 Å². The summed E-state index contributed by atoms with van der Waals surface area (Å²) in [6.07, 6.45) is 1.97. The molecule has 0 aliphatic heterocycles. The minimum Gasteiger partial charge on any atom is -0.550 e. The van der Waals surface area contributed by atoms with E-state index in [4.69, 9.17) is 9.15 Å². The van der Waals surface area contributed by atoms with Gasteiger partial charge >= 0.3 is 5.63 Å². The van der Waals surface area contributed by atoms with Crippen LogP contribution in [0.15, 0.2) is 21.3 Å². The molecule has 7 heteroatoms. The number of carbonyl (C=O) groups excluding carboxylic acids is 2. The number of unbranched alkanes of at least 4 members (excludes halogenated alkanes) is 2. The molecule has 27 heavy (non-hydrogen) atoms. The van der Waals surface area contributed by atoms with Crippen LogP contribution in [0.5, 0.6) is 5.75 Å². The third-order valence-corrected chi connectivity index (χ3v) is 4.56. The van der Waals surface area contributed by atoms with Crippen LogP contribution in [-0.2, 0) is 9.59 Å². The highest BCUT2D eigenvalue weighted by Crippen LogP contribution is 2.29. The molecule has 1 aromatic heterocycles. The predicted molar refractivity (Wildman–Crippen MR) is 98.7 cm³/mol. The number of hydrogen-bond donors (Lipinski definition) is 1. The molecule has 0 radical (unpaired) electrons. The summed E-state index contributed by atoms with van der Waals surface area (Å²) >= 11 is 0. The largest absolute Gasteiger partial charge is 0.550 e. The lowest BCUT2D eigenvalue weighted by molar-refractivity contribution is -0.305. The van der Waals surface area contributed by atoms with Gasteiger partial charge in [0, 0.05) is 29.0 Å². The van der Waals surface area contributed by atoms with Crippen molar-refractivity contribution in [1.29, 1.82) is 0 Å². The van der Waals surface area contributed by atoms with Crippen molar-refractivity contribution in [3.8, 4) is 5.75 Å². The van der Waals surface area contributed by atoms with E-state index >= 15 is 0 Å². The average Bonchev–Trinajstić information content (AvgIpc) is 2.62. The molecule has 1 N–H and O–H groups in total. The maximum atomic E-state index is 11.9. The average molecular weight is 374 g/mol. The van der Waals surface area contributed by atoms with Crippen LogP contribution in [0.4, 0.5) is 0 Å². The van der Waals surface area contributed by atoms with Gasteiger partial charge in [-0.1, -0.05) is 6.42 Å². The number of carboxylic acids is 1. The summed E-state index contributed by atoms with van der Waals surface area (Å²) in [4.78, 5) is 34.1. The van der Waals surface area contributed by atoms with Crippen molar-refractivity contribution < 1.29 is 23.8 Å². The van der Waals surface area contributed by atoms with Gasteiger partial charge in [-0.25, -0.2) is 4.79 Å². The molecule has 1 heterocycles. The van der Waals surface area contributed by atoms with Gasteiger partial charge in [0.25, 0.3) is 5.91 Å². The van der Waals surface area contributed by atoms with Gasteiger partial charge in [0.1, 0.15) is 11.3 Å². The number of fused-ring (bicyclic) bond motifs is 1. The Morgan fingerprint density at radius 3 is 2.52 bits per heavy atom. The minimum atomic E-state index is -1.06. The summed E-state index contributed by atoms with van der Waals surface area (Å²) in [6, 6.07) is 3.58. The molecule has 1 amide bonds. The molecule has 0 aliphatic carbocycles. The third-order valence-electron chi connectivity index (χ3n) is 4.56. The second kappa shape index (κ2) is 9.21. The molecule has 2 aromatic rings. The lowest BCUT2D eigenvalue weighted by Gasteiger charge is -2.12. The lowest BCUT2D eigenvalue weighted by atomic mass is 10.0. The first-order chi connectivity index (χ1) is 12.8. The second-order valence-electron chi connectivity index (χ2n) is 6.53. The monoisotopic (exact) mass is 374 g/mol. The van der Waals surface area contributed by atoms with Crippen molar-refractivity contribution in [2.75, 3.05) is 13.2 Å². The fourth-order valence-electron chi connectivity index (χ4n) is 2.77. The van der Waals surface area contributed by atoms with Gasteiger partial charge in [-0.2, -0.15) is 0 Å². The van der Waals surface area contributed by atoms with Crippen molar-refractivity contribution in [2.24, 2.45) is 0 Å². The molecular weight excluding hydrogens is 350 g/mol. The summed E-state index contributed by atoms with van der Waals surface area (Å²) < 4.78 is 11.0. The van der Waals surface area contributed by atoms with Gasteiger partial charge in [-0.05, 0) is 57.7 Å². The quantitative estimate of drug-likeness (QED) is 0.527. The summed E-state index contributed by atoms with van der Waals surface area (Å²) in [6.45, 7) is 5.68. The second-order valence-corrected chi connectivity index (χ2v) is 6.53. The molecule has 146 valence electrons. The highest BCUT2D eigenvalue weighted by atomic mass is 16.5. The number of aliphatic carboxylic acids is 1. The molecule has 0 bridgehead atoms. The Bertz CT molecular complexity index is 899. The Labute approximate surface area is 157 Å². The van der Waals surface area contributed by atoms with Crippen LogP contribution in [-0.4, -0.2) is 25.0 Å². The van der Waals surface area contributed by atoms with Crippen molar-refractivity contribution in [3.05, 3.63) is 39.2 Å². The number of hydrogen-bond acceptors (Lipinski definition) is 6. The smallest absolute Gasteiger partial charge is 0.339 e. The topological polar surface area (TPSA) is 109 Å². The predicted octanol–water partition coefficient (Wildman–Crippen LogP) is 1.52. The number of carboxylic acid groups (broad SMARTS) is 1. The zero-order chi connectivity index (χ0) is 20.0. The van der Waals surface area contributed by atoms with Crippen molar-refractivity contribution in [3.63, 3.8) is 0 Å². The molecule has 0 saturated carbocycles. The number of benzene rings is 1. The fourth-order valence-corrected chi connectivity index (χ4v) is 2.77. The zero-order valence-electron chi connectivity index (χ0n) is 15.8. The molecule has 0 aliphatic rings. The van der Waals surface area contributed by atoms with Gasteiger partial charge in [-0.15, -0.1) is 0 Å². The normalized spacial score (nSPS) is 10.8. The van der Waals surface area contributed by atoms with E-state index in [-0.39, 0.29) is 24.6 Å². The summed E-state index contributed by atoms with van der Waals surface area (Å²) in [5.41, 5.74) is 2.20. The molecular formula is C20H24NO6-. The van der Waals surface area contributed by atoms with Crippen LogP contribution in [0, 0.1) is 20.8 Å². The van der Waals surface area contributed by atoms with Gasteiger partial charge in [0.2, 0.25) is 0 Å². The number of nitrogens with one attached hydrogen (secondary N) is 1. The van der Waals surface area contributed by atoms with Crippen LogP contribution >= 0.6 is 0 Å². The molecule has 0 spiro atoms. The van der Waals surface area contributed by atoms with E-state index in [1.807, 2.05) is 13.0 Å². The summed E-state index contributed by atoms with van der Waals surface area (Å²) in [5, 5.41) is 13.9. The number of amides is 1. The molecule has 0 saturated heterocycles. The van der Waals surface area contributed by atoms with E-state index in [0.717, 1.165) is 10.9 Å². The molecule has 0 unspecified atom stereocenters. The van der Waals surface area contributed by atoms with Crippen LogP contribution in [0.1, 0.15) is 42.4 Å². The van der Waals surface area contributed by atoms with E-state index in [2.05, 4.69) is 5.32 Å². The SMILES string of the molecule is Cc1c(C)c2ccc(OCC(=O)NCCCCCC(=O)[O-])c(C)c2oc1=O. The molecule has 1 aromatic carbocycles. The van der Waals surface area contributed by atoms with E-state index in [9.17, 15) is 19.5 Å². The first-order valence-corrected chi connectivity index (χ1v) is 8.94. The van der Waals surface area contributed by atoms with Crippen molar-refractivity contribution in [2.45, 2.75) is 46.5 Å². The van der Waals surface area contributed by atoms with Gasteiger partial charge < -0.3 is 24.4 Å². The minimum absolute atomic E-state index is 0.0351. The Morgan fingerprint density at radius 2 is 1.81 bits per heavy atom. The highest BCUT2D eigenvalue weighted by Gasteiger charge is 2.13. The standard InChI is InChI=1S/C20H25NO6/c1-12-13(2)20(25)27-19-14(3)16(9-8-15(12)19)26-11-17(22)21-10-6-4-5-7-18(23)24/h8-9H,4-7,10-11H2,1-3H3,(H,21,22)(H,23,24)/p-1. The Balaban J connectivity index is 1.90. The van der Waals surface area contributed by atoms with Gasteiger partial charge in [0.05, 0.1) is 0 Å². The van der Waals surface area contributed by atoms with Gasteiger partial charge in [0.15, 0.2) is 6.61 Å². The molecule has 0 fully saturated rings. The number of carbonyl (C=O) groups is 2. The molecule has 0 atom stereocenters. The van der Waals surface area contributed by atoms with E-state index in [1.54, 1.807) is 19.9 Å². The lowest BCUT2D eigenvalue weighted by Crippen LogP contribution is -2.29. The van der Waals surface area contributed by atoms with Crippen molar-refractivity contribution in [1.82, 2.24) is 5.32 Å². The van der Waals surface area contributed by atoms with E-state index in [0.29, 0.717) is 48.3 Å². The van der Waals surface area contributed by atoms with Gasteiger partial charge in [-0.3, -0.25) is 4.79 Å². The van der Waals surface area contributed by atoms with Crippen LogP contribution in [0.3, 0.4) is 0 Å². The third kappa shape index (κ3) is 5.32. The first-order valence-electron chi connectivity index (χ1n) is 8.94. The summed E-state index contributed by atoms with van der Waals surface area (Å²) in [7, 11) is 0. The highest BCUT2D eigenvalue weighted by molar-refractivity contribution is 5.85. The molecule has 7 nitrogen and oxygen atoms in total. The number of aryl methyl sites for hydroxylation is 2.